The standard InChI is InChI=1S/C22H27N7O3S/c1-4-28-21(27-7-10-31-11-8-27)25-26-22(28)33-14-19(30)24-20-18(12-23)15(2)16(3)29(20)13-17-6-5-9-32-17/h5-6,9H,4,7-8,10-11,13-14H2,1-3H3,(H,24,30). The van der Waals surface area contributed by atoms with Gasteiger partial charge in [0.15, 0.2) is 5.16 Å². The first-order chi connectivity index (χ1) is 16.0. The second kappa shape index (κ2) is 10.1. The normalized spacial score (nSPS) is 13.8. The largest absolute Gasteiger partial charge is 0.467 e. The SMILES string of the molecule is CCn1c(SCC(=O)Nc2c(C#N)c(C)c(C)n2Cc2ccco2)nnc1N1CCOCC1. The molecule has 11 heteroatoms. The van der Waals surface area contributed by atoms with Crippen molar-refractivity contribution < 1.29 is 13.9 Å². The van der Waals surface area contributed by atoms with Crippen molar-refractivity contribution in [2.45, 2.75) is 39.0 Å². The van der Waals surface area contributed by atoms with Crippen LogP contribution in [0.25, 0.3) is 0 Å². The summed E-state index contributed by atoms with van der Waals surface area (Å²) >= 11 is 1.33. The van der Waals surface area contributed by atoms with Crippen LogP contribution in [0, 0.1) is 25.2 Å². The third kappa shape index (κ3) is 4.77. The molecule has 1 N–H and O–H groups in total. The monoisotopic (exact) mass is 469 g/mol. The molecule has 0 radical (unpaired) electrons. The van der Waals surface area contributed by atoms with Crippen molar-refractivity contribution in [2.24, 2.45) is 0 Å². The van der Waals surface area contributed by atoms with E-state index in [0.29, 0.717) is 42.8 Å². The van der Waals surface area contributed by atoms with Crippen LogP contribution in [0.3, 0.4) is 0 Å². The zero-order chi connectivity index (χ0) is 23.4. The lowest BCUT2D eigenvalue weighted by Gasteiger charge is -2.27. The lowest BCUT2D eigenvalue weighted by molar-refractivity contribution is -0.113. The van der Waals surface area contributed by atoms with Gasteiger partial charge in [-0.2, -0.15) is 5.26 Å². The van der Waals surface area contributed by atoms with E-state index in [9.17, 15) is 10.1 Å². The fraction of sp³-hybridized carbons (Fsp3) is 0.455. The number of morpholine rings is 1. The van der Waals surface area contributed by atoms with Gasteiger partial charge in [0.2, 0.25) is 11.9 Å². The molecule has 33 heavy (non-hydrogen) atoms. The van der Waals surface area contributed by atoms with Gasteiger partial charge in [0.25, 0.3) is 0 Å². The van der Waals surface area contributed by atoms with Gasteiger partial charge < -0.3 is 23.9 Å². The Balaban J connectivity index is 1.48. The lowest BCUT2D eigenvalue weighted by Crippen LogP contribution is -2.38. The highest BCUT2D eigenvalue weighted by molar-refractivity contribution is 7.99. The number of amides is 1. The van der Waals surface area contributed by atoms with E-state index >= 15 is 0 Å². The summed E-state index contributed by atoms with van der Waals surface area (Å²) in [4.78, 5) is 15.0. The van der Waals surface area contributed by atoms with E-state index < -0.39 is 0 Å². The van der Waals surface area contributed by atoms with Gasteiger partial charge in [0.1, 0.15) is 17.6 Å². The molecule has 174 valence electrons. The maximum absolute atomic E-state index is 12.9. The summed E-state index contributed by atoms with van der Waals surface area (Å²) in [5.41, 5.74) is 2.21. The molecule has 1 amide bonds. The zero-order valence-corrected chi connectivity index (χ0v) is 19.8. The van der Waals surface area contributed by atoms with Crippen LogP contribution in [0.15, 0.2) is 28.0 Å². The molecule has 3 aromatic heterocycles. The Morgan fingerprint density at radius 2 is 2.06 bits per heavy atom. The van der Waals surface area contributed by atoms with E-state index in [1.165, 1.54) is 11.8 Å². The number of nitrogens with one attached hydrogen (secondary N) is 1. The van der Waals surface area contributed by atoms with Crippen LogP contribution < -0.4 is 10.2 Å². The molecular formula is C22H27N7O3S. The summed E-state index contributed by atoms with van der Waals surface area (Å²) in [5, 5.41) is 22.0. The van der Waals surface area contributed by atoms with Gasteiger partial charge in [0, 0.05) is 25.3 Å². The van der Waals surface area contributed by atoms with E-state index in [1.54, 1.807) is 6.26 Å². The van der Waals surface area contributed by atoms with E-state index in [1.807, 2.05) is 42.0 Å². The van der Waals surface area contributed by atoms with Crippen LogP contribution in [0.5, 0.6) is 0 Å². The number of aromatic nitrogens is 4. The van der Waals surface area contributed by atoms with E-state index in [0.717, 1.165) is 36.1 Å². The maximum atomic E-state index is 12.9. The number of ether oxygens (including phenoxy) is 1. The second-order valence-electron chi connectivity index (χ2n) is 7.67. The molecule has 1 aliphatic heterocycles. The number of hydrogen-bond donors (Lipinski definition) is 1. The van der Waals surface area contributed by atoms with Gasteiger partial charge in [-0.1, -0.05) is 11.8 Å². The number of furan rings is 1. The fourth-order valence-corrected chi connectivity index (χ4v) is 4.64. The number of rotatable bonds is 8. The zero-order valence-electron chi connectivity index (χ0n) is 19.0. The molecule has 3 aromatic rings. The highest BCUT2D eigenvalue weighted by Gasteiger charge is 2.23. The lowest BCUT2D eigenvalue weighted by atomic mass is 10.2. The van der Waals surface area contributed by atoms with Gasteiger partial charge in [-0.3, -0.25) is 9.36 Å². The van der Waals surface area contributed by atoms with E-state index in [4.69, 9.17) is 9.15 Å². The Kier molecular flexibility index (Phi) is 7.05. The Morgan fingerprint density at radius 3 is 2.73 bits per heavy atom. The first-order valence-corrected chi connectivity index (χ1v) is 11.8. The number of nitrogens with zero attached hydrogens (tertiary/aromatic N) is 6. The van der Waals surface area contributed by atoms with Crippen molar-refractivity contribution in [1.82, 2.24) is 19.3 Å². The Labute approximate surface area is 196 Å². The van der Waals surface area contributed by atoms with E-state index in [2.05, 4.69) is 26.5 Å². The second-order valence-corrected chi connectivity index (χ2v) is 8.62. The molecule has 0 aliphatic carbocycles. The number of carbonyl (C=O) groups is 1. The fourth-order valence-electron chi connectivity index (χ4n) is 3.85. The summed E-state index contributed by atoms with van der Waals surface area (Å²) in [7, 11) is 0. The van der Waals surface area contributed by atoms with Gasteiger partial charge in [-0.15, -0.1) is 10.2 Å². The average molecular weight is 470 g/mol. The number of carbonyl (C=O) groups excluding carboxylic acids is 1. The smallest absolute Gasteiger partial charge is 0.235 e. The molecule has 0 saturated carbocycles. The molecule has 1 aliphatic rings. The average Bonchev–Trinajstić information content (AvgIpc) is 3.54. The Bertz CT molecular complexity index is 1150. The van der Waals surface area contributed by atoms with Crippen LogP contribution in [-0.4, -0.2) is 57.3 Å². The van der Waals surface area contributed by atoms with Crippen molar-refractivity contribution in [1.29, 1.82) is 5.26 Å². The molecule has 1 fully saturated rings. The summed E-state index contributed by atoms with van der Waals surface area (Å²) < 4.78 is 14.8. The summed E-state index contributed by atoms with van der Waals surface area (Å²) in [6.07, 6.45) is 1.61. The Morgan fingerprint density at radius 1 is 1.27 bits per heavy atom. The van der Waals surface area contributed by atoms with Crippen molar-refractivity contribution in [2.75, 3.05) is 42.3 Å². The third-order valence-electron chi connectivity index (χ3n) is 5.73. The number of hydrogen-bond acceptors (Lipinski definition) is 8. The van der Waals surface area contributed by atoms with E-state index in [-0.39, 0.29) is 11.7 Å². The predicted octanol–water partition coefficient (Wildman–Crippen LogP) is 2.80. The van der Waals surface area contributed by atoms with Crippen LogP contribution in [0.4, 0.5) is 11.8 Å². The number of anilines is 2. The summed E-state index contributed by atoms with van der Waals surface area (Å²) in [6.45, 7) is 9.84. The molecule has 0 unspecified atom stereocenters. The van der Waals surface area contributed by atoms with Crippen molar-refractivity contribution in [3.8, 4) is 6.07 Å². The van der Waals surface area contributed by atoms with Gasteiger partial charge >= 0.3 is 0 Å². The molecule has 0 atom stereocenters. The first-order valence-electron chi connectivity index (χ1n) is 10.8. The third-order valence-corrected chi connectivity index (χ3v) is 6.70. The minimum absolute atomic E-state index is 0.149. The molecular weight excluding hydrogens is 442 g/mol. The van der Waals surface area contributed by atoms with Gasteiger partial charge in [-0.25, -0.2) is 0 Å². The molecule has 10 nitrogen and oxygen atoms in total. The molecule has 1 saturated heterocycles. The quantitative estimate of drug-likeness (QED) is 0.501. The number of nitriles is 1. The summed E-state index contributed by atoms with van der Waals surface area (Å²) in [6, 6.07) is 5.91. The van der Waals surface area contributed by atoms with Crippen molar-refractivity contribution >= 4 is 29.4 Å². The van der Waals surface area contributed by atoms with Gasteiger partial charge in [-0.05, 0) is 38.5 Å². The molecule has 0 bridgehead atoms. The molecule has 0 aromatic carbocycles. The topological polar surface area (TPSA) is 114 Å². The minimum atomic E-state index is -0.215. The molecule has 4 heterocycles. The van der Waals surface area contributed by atoms with Crippen LogP contribution in [0.1, 0.15) is 29.5 Å². The highest BCUT2D eigenvalue weighted by atomic mass is 32.2. The minimum Gasteiger partial charge on any atom is -0.467 e. The predicted molar refractivity (Wildman–Crippen MR) is 125 cm³/mol. The first kappa shape index (κ1) is 22.9. The maximum Gasteiger partial charge on any atom is 0.235 e. The van der Waals surface area contributed by atoms with Gasteiger partial charge in [0.05, 0.1) is 37.3 Å². The highest BCUT2D eigenvalue weighted by Crippen LogP contribution is 2.28. The number of thioether (sulfide) groups is 1. The van der Waals surface area contributed by atoms with Crippen LogP contribution in [-0.2, 0) is 22.6 Å². The van der Waals surface area contributed by atoms with Crippen LogP contribution in [0.2, 0.25) is 0 Å². The van der Waals surface area contributed by atoms with Crippen LogP contribution >= 0.6 is 11.8 Å². The molecule has 4 rings (SSSR count). The van der Waals surface area contributed by atoms with Crippen molar-refractivity contribution in [3.05, 3.63) is 41.0 Å². The summed E-state index contributed by atoms with van der Waals surface area (Å²) in [5.74, 6) is 1.97. The Hall–Kier alpha value is -3.23. The molecule has 0 spiro atoms. The van der Waals surface area contributed by atoms with Crippen molar-refractivity contribution in [3.63, 3.8) is 0 Å².